The van der Waals surface area contributed by atoms with E-state index in [1.165, 1.54) is 6.20 Å². The Labute approximate surface area is 94.4 Å². The lowest BCUT2D eigenvalue weighted by molar-refractivity contribution is 0.0656. The highest BCUT2D eigenvalue weighted by atomic mass is 16.2. The van der Waals surface area contributed by atoms with Crippen molar-refractivity contribution in [2.24, 2.45) is 0 Å². The number of carbonyl (C=O) groups is 1. The maximum atomic E-state index is 11.9. The van der Waals surface area contributed by atoms with E-state index in [1.54, 1.807) is 0 Å². The van der Waals surface area contributed by atoms with Crippen molar-refractivity contribution in [3.05, 3.63) is 11.9 Å². The number of hydrogen-bond donors (Lipinski definition) is 2. The third-order valence-corrected chi connectivity index (χ3v) is 3.39. The summed E-state index contributed by atoms with van der Waals surface area (Å²) in [6.07, 6.45) is 3.40. The van der Waals surface area contributed by atoms with Gasteiger partial charge in [0.05, 0.1) is 6.20 Å². The monoisotopic (exact) mass is 223 g/mol. The molecule has 16 heavy (non-hydrogen) atoms. The zero-order valence-corrected chi connectivity index (χ0v) is 9.66. The molecule has 1 aromatic rings. The van der Waals surface area contributed by atoms with Crippen molar-refractivity contribution in [2.75, 3.05) is 20.1 Å². The van der Waals surface area contributed by atoms with Crippen LogP contribution in [0, 0.1) is 0 Å². The number of hydrogen-bond acceptors (Lipinski definition) is 4. The van der Waals surface area contributed by atoms with Crippen molar-refractivity contribution in [3.63, 3.8) is 0 Å². The third-order valence-electron chi connectivity index (χ3n) is 3.39. The van der Waals surface area contributed by atoms with Crippen LogP contribution in [0.25, 0.3) is 0 Å². The fourth-order valence-corrected chi connectivity index (χ4v) is 1.92. The summed E-state index contributed by atoms with van der Waals surface area (Å²) in [5.74, 6) is -0.0353. The lowest BCUT2D eigenvalue weighted by atomic mass is 9.90. The van der Waals surface area contributed by atoms with Crippen molar-refractivity contribution in [1.29, 1.82) is 0 Å². The van der Waals surface area contributed by atoms with Gasteiger partial charge in [-0.3, -0.25) is 4.79 Å². The van der Waals surface area contributed by atoms with Gasteiger partial charge in [-0.2, -0.15) is 15.4 Å². The Kier molecular flexibility index (Phi) is 2.91. The van der Waals surface area contributed by atoms with Gasteiger partial charge < -0.3 is 10.2 Å². The number of nitrogens with zero attached hydrogens (tertiary/aromatic N) is 3. The number of rotatable bonds is 2. The molecule has 1 saturated heterocycles. The molecule has 1 aliphatic rings. The molecule has 1 aliphatic heterocycles. The maximum Gasteiger partial charge on any atom is 0.276 e. The minimum atomic E-state index is -0.0353. The highest BCUT2D eigenvalue weighted by Gasteiger charge is 2.31. The average molecular weight is 223 g/mol. The quantitative estimate of drug-likeness (QED) is 0.741. The Morgan fingerprint density at radius 1 is 1.56 bits per heavy atom. The van der Waals surface area contributed by atoms with E-state index in [0.717, 1.165) is 25.9 Å². The molecule has 2 heterocycles. The minimum absolute atomic E-state index is 0.0353. The molecule has 6 nitrogen and oxygen atoms in total. The van der Waals surface area contributed by atoms with Gasteiger partial charge in [0, 0.05) is 18.6 Å². The van der Waals surface area contributed by atoms with Crippen LogP contribution in [0.4, 0.5) is 0 Å². The molecular weight excluding hydrogens is 206 g/mol. The second kappa shape index (κ2) is 4.21. The first-order valence-electron chi connectivity index (χ1n) is 5.48. The van der Waals surface area contributed by atoms with Gasteiger partial charge in [0.1, 0.15) is 0 Å². The van der Waals surface area contributed by atoms with Crippen LogP contribution in [0.1, 0.15) is 30.3 Å². The van der Waals surface area contributed by atoms with E-state index in [4.69, 9.17) is 0 Å². The Morgan fingerprint density at radius 3 is 2.75 bits per heavy atom. The van der Waals surface area contributed by atoms with Crippen molar-refractivity contribution >= 4 is 5.91 Å². The fourth-order valence-electron chi connectivity index (χ4n) is 1.92. The first-order valence-corrected chi connectivity index (χ1v) is 5.48. The number of carbonyl (C=O) groups excluding carboxylic acids is 1. The van der Waals surface area contributed by atoms with E-state index in [1.807, 2.05) is 11.9 Å². The second-order valence-corrected chi connectivity index (χ2v) is 4.46. The zero-order chi connectivity index (χ0) is 11.6. The van der Waals surface area contributed by atoms with Crippen LogP contribution in [-0.4, -0.2) is 51.9 Å². The average Bonchev–Trinajstić information content (AvgIpc) is 2.83. The highest BCUT2D eigenvalue weighted by molar-refractivity contribution is 5.91. The molecule has 88 valence electrons. The predicted molar refractivity (Wildman–Crippen MR) is 59.0 cm³/mol. The van der Waals surface area contributed by atoms with E-state index in [2.05, 4.69) is 27.7 Å². The third kappa shape index (κ3) is 2.06. The summed E-state index contributed by atoms with van der Waals surface area (Å²) in [6, 6.07) is 0. The van der Waals surface area contributed by atoms with E-state index < -0.39 is 0 Å². The van der Waals surface area contributed by atoms with Gasteiger partial charge in [-0.05, 0) is 26.8 Å². The Bertz CT molecular complexity index is 353. The molecule has 0 spiro atoms. The van der Waals surface area contributed by atoms with Crippen LogP contribution < -0.4 is 5.32 Å². The summed E-state index contributed by atoms with van der Waals surface area (Å²) < 4.78 is 0. The lowest BCUT2D eigenvalue weighted by Gasteiger charge is -2.39. The maximum absolute atomic E-state index is 11.9. The summed E-state index contributed by atoms with van der Waals surface area (Å²) in [5, 5.41) is 13.2. The van der Waals surface area contributed by atoms with Gasteiger partial charge in [0.2, 0.25) is 0 Å². The van der Waals surface area contributed by atoms with Crippen LogP contribution in [0.2, 0.25) is 0 Å². The summed E-state index contributed by atoms with van der Waals surface area (Å²) in [7, 11) is 1.97. The second-order valence-electron chi connectivity index (χ2n) is 4.46. The van der Waals surface area contributed by atoms with Crippen LogP contribution >= 0.6 is 0 Å². The summed E-state index contributed by atoms with van der Waals surface area (Å²) >= 11 is 0. The van der Waals surface area contributed by atoms with Gasteiger partial charge in [-0.1, -0.05) is 0 Å². The normalized spacial score (nSPS) is 19.8. The highest BCUT2D eigenvalue weighted by Crippen LogP contribution is 2.21. The first-order chi connectivity index (χ1) is 7.64. The van der Waals surface area contributed by atoms with Crippen LogP contribution in [0.3, 0.4) is 0 Å². The number of H-pyrrole nitrogens is 1. The summed E-state index contributed by atoms with van der Waals surface area (Å²) in [6.45, 7) is 3.72. The smallest absolute Gasteiger partial charge is 0.276 e. The van der Waals surface area contributed by atoms with Gasteiger partial charge in [0.25, 0.3) is 5.91 Å². The molecular formula is C10H17N5O. The Balaban J connectivity index is 1.97. The number of piperidine rings is 1. The molecule has 0 atom stereocenters. The molecule has 6 heteroatoms. The van der Waals surface area contributed by atoms with Crippen molar-refractivity contribution < 1.29 is 4.79 Å². The van der Waals surface area contributed by atoms with Gasteiger partial charge >= 0.3 is 0 Å². The Hall–Kier alpha value is -1.43. The van der Waals surface area contributed by atoms with E-state index in [0.29, 0.717) is 5.69 Å². The topological polar surface area (TPSA) is 73.9 Å². The number of aromatic amines is 1. The molecule has 0 aliphatic carbocycles. The molecule has 0 saturated carbocycles. The summed E-state index contributed by atoms with van der Waals surface area (Å²) in [5.41, 5.74) is 0.550. The molecule has 2 rings (SSSR count). The van der Waals surface area contributed by atoms with Gasteiger partial charge in [-0.25, -0.2) is 0 Å². The van der Waals surface area contributed by atoms with Gasteiger partial charge in [-0.15, -0.1) is 0 Å². The van der Waals surface area contributed by atoms with E-state index >= 15 is 0 Å². The van der Waals surface area contributed by atoms with Crippen LogP contribution in [-0.2, 0) is 0 Å². The first kappa shape index (κ1) is 11.1. The Morgan fingerprint density at radius 2 is 2.25 bits per heavy atom. The van der Waals surface area contributed by atoms with Gasteiger partial charge in [0.15, 0.2) is 5.69 Å². The molecule has 0 aromatic carbocycles. The molecule has 0 radical (unpaired) electrons. The molecule has 1 aromatic heterocycles. The number of aromatic nitrogens is 3. The SMILES string of the molecule is CNC1(C)CCN(C(=O)c2cn[nH]n2)CC1. The molecule has 2 N–H and O–H groups in total. The number of likely N-dealkylation sites (tertiary alicyclic amines) is 1. The van der Waals surface area contributed by atoms with Crippen molar-refractivity contribution in [3.8, 4) is 0 Å². The van der Waals surface area contributed by atoms with Crippen LogP contribution in [0.5, 0.6) is 0 Å². The van der Waals surface area contributed by atoms with Crippen LogP contribution in [0.15, 0.2) is 6.20 Å². The predicted octanol–water partition coefficient (Wildman–Crippen LogP) is 0.0188. The summed E-state index contributed by atoms with van der Waals surface area (Å²) in [4.78, 5) is 13.8. The molecule has 1 amide bonds. The largest absolute Gasteiger partial charge is 0.337 e. The van der Waals surface area contributed by atoms with E-state index in [-0.39, 0.29) is 11.4 Å². The standard InChI is InChI=1S/C10H17N5O/c1-10(11-2)3-5-15(6-4-10)9(16)8-7-12-14-13-8/h7,11H,3-6H2,1-2H3,(H,12,13,14). The van der Waals surface area contributed by atoms with Crippen molar-refractivity contribution in [2.45, 2.75) is 25.3 Å². The molecule has 0 unspecified atom stereocenters. The molecule has 1 fully saturated rings. The molecule has 0 bridgehead atoms. The fraction of sp³-hybridized carbons (Fsp3) is 0.700. The number of nitrogens with one attached hydrogen (secondary N) is 2. The lowest BCUT2D eigenvalue weighted by Crippen LogP contribution is -2.51. The number of amides is 1. The van der Waals surface area contributed by atoms with E-state index in [9.17, 15) is 4.79 Å². The minimum Gasteiger partial charge on any atom is -0.337 e. The zero-order valence-electron chi connectivity index (χ0n) is 9.66. The van der Waals surface area contributed by atoms with Crippen molar-refractivity contribution in [1.82, 2.24) is 25.6 Å².